The lowest BCUT2D eigenvalue weighted by Crippen LogP contribution is -2.44. The molecule has 0 fully saturated rings. The second-order valence-corrected chi connectivity index (χ2v) is 5.44. The topological polar surface area (TPSA) is 75.3 Å². The Labute approximate surface area is 123 Å². The number of furan rings is 1. The molecule has 1 N–H and O–H groups in total. The van der Waals surface area contributed by atoms with Crippen molar-refractivity contribution in [3.8, 4) is 11.8 Å². The molecule has 21 heavy (non-hydrogen) atoms. The zero-order valence-electron chi connectivity index (χ0n) is 12.4. The number of hydrogen-bond acceptors (Lipinski definition) is 4. The van der Waals surface area contributed by atoms with Gasteiger partial charge in [0.2, 0.25) is 5.76 Å². The average molecular weight is 286 g/mol. The maximum absolute atomic E-state index is 11.9. The van der Waals surface area contributed by atoms with Gasteiger partial charge in [-0.05, 0) is 32.4 Å². The monoisotopic (exact) mass is 286 g/mol. The van der Waals surface area contributed by atoms with E-state index < -0.39 is 0 Å². The largest absolute Gasteiger partial charge is 0.478 e. The highest BCUT2D eigenvalue weighted by Crippen LogP contribution is 2.32. The Morgan fingerprint density at radius 1 is 1.43 bits per heavy atom. The molecule has 0 aliphatic carbocycles. The van der Waals surface area contributed by atoms with Crippen LogP contribution >= 0.6 is 0 Å². The van der Waals surface area contributed by atoms with Gasteiger partial charge in [-0.1, -0.05) is 19.1 Å². The lowest BCUT2D eigenvalue weighted by Gasteiger charge is -2.24. The van der Waals surface area contributed by atoms with Crippen molar-refractivity contribution in [2.75, 3.05) is 6.61 Å². The van der Waals surface area contributed by atoms with E-state index in [1.807, 2.05) is 39.0 Å². The minimum Gasteiger partial charge on any atom is -0.478 e. The summed E-state index contributed by atoms with van der Waals surface area (Å²) >= 11 is 0. The van der Waals surface area contributed by atoms with Crippen molar-refractivity contribution in [3.05, 3.63) is 30.0 Å². The number of fused-ring (bicyclic) bond motifs is 1. The van der Waals surface area contributed by atoms with Crippen LogP contribution in [0.5, 0.6) is 5.75 Å². The van der Waals surface area contributed by atoms with Gasteiger partial charge in [0.25, 0.3) is 5.91 Å². The van der Waals surface area contributed by atoms with Crippen LogP contribution in [0.2, 0.25) is 0 Å². The number of ether oxygens (including phenoxy) is 1. The molecule has 0 unspecified atom stereocenters. The van der Waals surface area contributed by atoms with Crippen LogP contribution in [-0.2, 0) is 4.79 Å². The molecule has 1 heterocycles. The molecule has 110 valence electrons. The highest BCUT2D eigenvalue weighted by molar-refractivity contribution is 5.87. The Bertz CT molecular complexity index is 695. The summed E-state index contributed by atoms with van der Waals surface area (Å²) in [6.07, 6.45) is 0.816. The normalized spacial score (nSPS) is 11.1. The number of hydrogen-bond donors (Lipinski definition) is 1. The van der Waals surface area contributed by atoms with Crippen LogP contribution in [0.1, 0.15) is 33.0 Å². The molecule has 0 atom stereocenters. The summed E-state index contributed by atoms with van der Waals surface area (Å²) in [5, 5.41) is 12.7. The second-order valence-electron chi connectivity index (χ2n) is 5.44. The van der Waals surface area contributed by atoms with Gasteiger partial charge in [0.1, 0.15) is 11.7 Å². The molecule has 1 amide bonds. The molecule has 0 spiro atoms. The van der Waals surface area contributed by atoms with Crippen molar-refractivity contribution in [2.24, 2.45) is 0 Å². The third kappa shape index (κ3) is 3.34. The maximum Gasteiger partial charge on any atom is 0.258 e. The van der Waals surface area contributed by atoms with E-state index in [-0.39, 0.29) is 23.8 Å². The van der Waals surface area contributed by atoms with E-state index in [0.29, 0.717) is 16.7 Å². The van der Waals surface area contributed by atoms with E-state index >= 15 is 0 Å². The Balaban J connectivity index is 2.14. The summed E-state index contributed by atoms with van der Waals surface area (Å²) < 4.78 is 10.9. The zero-order valence-corrected chi connectivity index (χ0v) is 12.4. The first-order chi connectivity index (χ1) is 9.96. The molecular weight excluding hydrogens is 268 g/mol. The predicted octanol–water partition coefficient (Wildman–Crippen LogP) is 2.99. The minimum absolute atomic E-state index is 0.0822. The molecule has 0 saturated heterocycles. The highest BCUT2D eigenvalue weighted by atomic mass is 16.5. The first-order valence-electron chi connectivity index (χ1n) is 6.82. The number of para-hydroxylation sites is 1. The quantitative estimate of drug-likeness (QED) is 0.916. The van der Waals surface area contributed by atoms with Crippen LogP contribution in [0.3, 0.4) is 0 Å². The van der Waals surface area contributed by atoms with E-state index in [1.54, 1.807) is 12.1 Å². The first kappa shape index (κ1) is 14.9. The lowest BCUT2D eigenvalue weighted by atomic mass is 10.0. The van der Waals surface area contributed by atoms with E-state index in [0.717, 1.165) is 6.42 Å². The molecule has 2 aromatic rings. The highest BCUT2D eigenvalue weighted by Gasteiger charge is 2.20. The summed E-state index contributed by atoms with van der Waals surface area (Å²) in [6, 6.07) is 9.13. The Hall–Kier alpha value is -2.48. The van der Waals surface area contributed by atoms with Gasteiger partial charge in [-0.25, -0.2) is 0 Å². The van der Waals surface area contributed by atoms with E-state index in [9.17, 15) is 4.79 Å². The van der Waals surface area contributed by atoms with Crippen molar-refractivity contribution in [1.29, 1.82) is 5.26 Å². The number of carbonyl (C=O) groups is 1. The van der Waals surface area contributed by atoms with Gasteiger partial charge in [0.05, 0.1) is 5.39 Å². The summed E-state index contributed by atoms with van der Waals surface area (Å²) in [5.41, 5.74) is 0.287. The van der Waals surface area contributed by atoms with E-state index in [4.69, 9.17) is 14.4 Å². The number of nitrogens with one attached hydrogen (secondary N) is 1. The van der Waals surface area contributed by atoms with Crippen molar-refractivity contribution in [3.63, 3.8) is 0 Å². The Morgan fingerprint density at radius 3 is 2.81 bits per heavy atom. The van der Waals surface area contributed by atoms with Crippen molar-refractivity contribution >= 4 is 16.9 Å². The molecule has 5 heteroatoms. The van der Waals surface area contributed by atoms with Crippen molar-refractivity contribution in [1.82, 2.24) is 5.32 Å². The van der Waals surface area contributed by atoms with Crippen LogP contribution in [0.15, 0.2) is 28.7 Å². The number of carbonyl (C=O) groups excluding carboxylic acids is 1. The van der Waals surface area contributed by atoms with Crippen molar-refractivity contribution in [2.45, 2.75) is 32.7 Å². The molecule has 5 nitrogen and oxygen atoms in total. The van der Waals surface area contributed by atoms with E-state index in [2.05, 4.69) is 5.32 Å². The molecule has 0 saturated carbocycles. The molecule has 0 bridgehead atoms. The molecule has 0 radical (unpaired) electrons. The van der Waals surface area contributed by atoms with Gasteiger partial charge in [-0.2, -0.15) is 5.26 Å². The molecular formula is C16H18N2O3. The molecule has 1 aromatic heterocycles. The number of nitrogens with zero attached hydrogens (tertiary/aromatic N) is 1. The Morgan fingerprint density at radius 2 is 2.14 bits per heavy atom. The second kappa shape index (κ2) is 5.88. The van der Waals surface area contributed by atoms with Crippen molar-refractivity contribution < 1.29 is 13.9 Å². The van der Waals surface area contributed by atoms with E-state index in [1.165, 1.54) is 0 Å². The van der Waals surface area contributed by atoms with Gasteiger partial charge < -0.3 is 14.5 Å². The number of amides is 1. The minimum atomic E-state index is -0.281. The fourth-order valence-electron chi connectivity index (χ4n) is 1.88. The smallest absolute Gasteiger partial charge is 0.258 e. The van der Waals surface area contributed by atoms with Crippen LogP contribution in [0, 0.1) is 11.3 Å². The fourth-order valence-corrected chi connectivity index (χ4v) is 1.88. The zero-order chi connectivity index (χ0) is 15.5. The van der Waals surface area contributed by atoms with Crippen LogP contribution in [-0.4, -0.2) is 18.1 Å². The van der Waals surface area contributed by atoms with Gasteiger partial charge in [-0.15, -0.1) is 0 Å². The van der Waals surface area contributed by atoms with Gasteiger partial charge in [-0.3, -0.25) is 4.79 Å². The predicted molar refractivity (Wildman–Crippen MR) is 78.9 cm³/mol. The standard InChI is InChI=1S/C16H18N2O3/c1-4-16(2,3)18-14(19)10-20-15-11-7-5-6-8-12(11)21-13(15)9-17/h5-8H,4,10H2,1-3H3,(H,18,19). The molecule has 1 aromatic carbocycles. The maximum atomic E-state index is 11.9. The summed E-state index contributed by atoms with van der Waals surface area (Å²) in [4.78, 5) is 11.9. The van der Waals surface area contributed by atoms with Crippen LogP contribution in [0.25, 0.3) is 11.0 Å². The number of benzene rings is 1. The molecule has 0 aliphatic heterocycles. The lowest BCUT2D eigenvalue weighted by molar-refractivity contribution is -0.124. The fraction of sp³-hybridized carbons (Fsp3) is 0.375. The first-order valence-corrected chi connectivity index (χ1v) is 6.82. The van der Waals surface area contributed by atoms with Gasteiger partial charge in [0, 0.05) is 5.54 Å². The Kier molecular flexibility index (Phi) is 4.18. The number of rotatable bonds is 5. The summed E-state index contributed by atoms with van der Waals surface area (Å²) in [7, 11) is 0. The van der Waals surface area contributed by atoms with Gasteiger partial charge >= 0.3 is 0 Å². The number of nitriles is 1. The van der Waals surface area contributed by atoms with Crippen LogP contribution in [0.4, 0.5) is 0 Å². The summed E-state index contributed by atoms with van der Waals surface area (Å²) in [5.74, 6) is 0.173. The summed E-state index contributed by atoms with van der Waals surface area (Å²) in [6.45, 7) is 5.73. The average Bonchev–Trinajstić information content (AvgIpc) is 2.82. The third-order valence-corrected chi connectivity index (χ3v) is 3.36. The molecule has 0 aliphatic rings. The SMILES string of the molecule is CCC(C)(C)NC(=O)COc1c(C#N)oc2ccccc12. The van der Waals surface area contributed by atoms with Gasteiger partial charge in [0.15, 0.2) is 12.4 Å². The molecule has 2 rings (SSSR count). The third-order valence-electron chi connectivity index (χ3n) is 3.36. The van der Waals surface area contributed by atoms with Crippen LogP contribution < -0.4 is 10.1 Å².